The predicted molar refractivity (Wildman–Crippen MR) is 157 cm³/mol. The highest BCUT2D eigenvalue weighted by Crippen LogP contribution is 2.44. The Morgan fingerprint density at radius 2 is 1.85 bits per heavy atom. The Kier molecular flexibility index (Phi) is 7.79. The van der Waals surface area contributed by atoms with Crippen LogP contribution < -0.4 is 20.3 Å². The van der Waals surface area contributed by atoms with E-state index >= 15 is 0 Å². The number of anilines is 2. The molecule has 0 radical (unpaired) electrons. The molecular weight excluding hydrogens is 526 g/mol. The summed E-state index contributed by atoms with van der Waals surface area (Å²) in [5.74, 6) is -0.0314. The molecule has 0 unspecified atom stereocenters. The van der Waals surface area contributed by atoms with Gasteiger partial charge in [-0.3, -0.25) is 9.78 Å². The van der Waals surface area contributed by atoms with Gasteiger partial charge < -0.3 is 29.6 Å². The second kappa shape index (κ2) is 11.6. The van der Waals surface area contributed by atoms with Crippen molar-refractivity contribution in [3.05, 3.63) is 102 Å². The largest absolute Gasteiger partial charge is 0.494 e. The number of thiocarbonyl (C=S) groups is 1. The molecule has 2 aromatic carbocycles. The van der Waals surface area contributed by atoms with Crippen LogP contribution in [-0.4, -0.2) is 40.8 Å². The summed E-state index contributed by atoms with van der Waals surface area (Å²) < 4.78 is 12.7. The number of rotatable bonds is 8. The molecular formula is C30H29N5O4S. The van der Waals surface area contributed by atoms with Gasteiger partial charge in [-0.15, -0.1) is 0 Å². The van der Waals surface area contributed by atoms with Crippen molar-refractivity contribution in [2.45, 2.75) is 25.4 Å². The van der Waals surface area contributed by atoms with Crippen molar-refractivity contribution in [2.75, 3.05) is 24.4 Å². The number of carbonyl (C=O) groups is 2. The summed E-state index contributed by atoms with van der Waals surface area (Å²) in [5, 5.41) is 6.84. The van der Waals surface area contributed by atoms with E-state index in [0.29, 0.717) is 34.2 Å². The Bertz CT molecular complexity index is 1550. The predicted octanol–water partition coefficient (Wildman–Crippen LogP) is 5.19. The highest BCUT2D eigenvalue weighted by molar-refractivity contribution is 7.80. The van der Waals surface area contributed by atoms with Crippen LogP contribution in [-0.2, 0) is 9.53 Å². The zero-order valence-corrected chi connectivity index (χ0v) is 23.1. The van der Waals surface area contributed by atoms with E-state index in [1.165, 1.54) is 7.11 Å². The highest BCUT2D eigenvalue weighted by atomic mass is 32.1. The lowest BCUT2D eigenvalue weighted by molar-refractivity contribution is -0.115. The fourth-order valence-corrected chi connectivity index (χ4v) is 5.27. The molecule has 9 nitrogen and oxygen atoms in total. The lowest BCUT2D eigenvalue weighted by Gasteiger charge is -2.29. The summed E-state index contributed by atoms with van der Waals surface area (Å²) in [5.41, 5.74) is 4.15. The Morgan fingerprint density at radius 3 is 2.58 bits per heavy atom. The number of carbonyl (C=O) groups excluding carboxylic acids is 2. The summed E-state index contributed by atoms with van der Waals surface area (Å²) in [6, 6.07) is 21.9. The summed E-state index contributed by atoms with van der Waals surface area (Å²) >= 11 is 5.89. The Balaban J connectivity index is 1.66. The maximum atomic E-state index is 12.7. The number of aromatic nitrogens is 2. The molecule has 2 N–H and O–H groups in total. The number of para-hydroxylation sites is 1. The van der Waals surface area contributed by atoms with E-state index < -0.39 is 5.97 Å². The van der Waals surface area contributed by atoms with Gasteiger partial charge in [0.2, 0.25) is 5.91 Å². The van der Waals surface area contributed by atoms with Crippen LogP contribution in [0.25, 0.3) is 5.69 Å². The van der Waals surface area contributed by atoms with Crippen molar-refractivity contribution in [1.29, 1.82) is 0 Å². The van der Waals surface area contributed by atoms with Gasteiger partial charge in [-0.05, 0) is 60.7 Å². The Labute approximate surface area is 237 Å². The van der Waals surface area contributed by atoms with Gasteiger partial charge in [0.1, 0.15) is 11.8 Å². The SMILES string of the molecule is CCC(=O)Nc1ccc(N2C(=S)N[C@@H](c3ccccn3)[C@@H]2c2cccn2-c2ccccc2C(=O)OC)cc1OC. The molecule has 1 saturated heterocycles. The maximum absolute atomic E-state index is 12.7. The molecule has 2 aromatic heterocycles. The third-order valence-corrected chi connectivity index (χ3v) is 7.12. The molecule has 5 rings (SSSR count). The monoisotopic (exact) mass is 555 g/mol. The molecule has 0 bridgehead atoms. The number of pyridine rings is 1. The van der Waals surface area contributed by atoms with Crippen molar-refractivity contribution in [2.24, 2.45) is 0 Å². The lowest BCUT2D eigenvalue weighted by Crippen LogP contribution is -2.30. The van der Waals surface area contributed by atoms with Crippen molar-refractivity contribution < 1.29 is 19.1 Å². The van der Waals surface area contributed by atoms with Crippen molar-refractivity contribution >= 4 is 40.6 Å². The van der Waals surface area contributed by atoms with Gasteiger partial charge in [-0.25, -0.2) is 4.79 Å². The number of nitrogens with one attached hydrogen (secondary N) is 2. The number of esters is 1. The number of amides is 1. The lowest BCUT2D eigenvalue weighted by atomic mass is 10.00. The van der Waals surface area contributed by atoms with Crippen LogP contribution in [0, 0.1) is 0 Å². The van der Waals surface area contributed by atoms with E-state index in [1.54, 1.807) is 38.4 Å². The van der Waals surface area contributed by atoms with Crippen LogP contribution in [0.1, 0.15) is 47.2 Å². The number of nitrogens with zero attached hydrogens (tertiary/aromatic N) is 3. The summed E-state index contributed by atoms with van der Waals surface area (Å²) in [7, 11) is 2.93. The number of hydrogen-bond acceptors (Lipinski definition) is 6. The van der Waals surface area contributed by atoms with Crippen LogP contribution in [0.5, 0.6) is 5.75 Å². The van der Waals surface area contributed by atoms with Gasteiger partial charge in [-0.2, -0.15) is 0 Å². The van der Waals surface area contributed by atoms with Crippen LogP contribution in [0.2, 0.25) is 0 Å². The average Bonchev–Trinajstić information content (AvgIpc) is 3.61. The van der Waals surface area contributed by atoms with E-state index in [-0.39, 0.29) is 18.0 Å². The topological polar surface area (TPSA) is 97.7 Å². The number of methoxy groups -OCH3 is 2. The van der Waals surface area contributed by atoms with E-state index in [9.17, 15) is 9.59 Å². The molecule has 4 aromatic rings. The quantitative estimate of drug-likeness (QED) is 0.226. The first kappa shape index (κ1) is 26.9. The van der Waals surface area contributed by atoms with Crippen LogP contribution in [0.4, 0.5) is 11.4 Å². The zero-order chi connectivity index (χ0) is 28.2. The minimum absolute atomic E-state index is 0.111. The van der Waals surface area contributed by atoms with Crippen LogP contribution >= 0.6 is 12.2 Å². The van der Waals surface area contributed by atoms with E-state index in [1.807, 2.05) is 70.3 Å². The van der Waals surface area contributed by atoms with Gasteiger partial charge in [0.25, 0.3) is 0 Å². The Morgan fingerprint density at radius 1 is 1.05 bits per heavy atom. The van der Waals surface area contributed by atoms with Gasteiger partial charge in [0.05, 0.1) is 42.9 Å². The molecule has 0 saturated carbocycles. The zero-order valence-electron chi connectivity index (χ0n) is 22.3. The summed E-state index contributed by atoms with van der Waals surface area (Å²) in [4.78, 5) is 31.4. The van der Waals surface area contributed by atoms with Crippen LogP contribution in [0.3, 0.4) is 0 Å². The number of benzene rings is 2. The fourth-order valence-electron chi connectivity index (χ4n) is 4.93. The van der Waals surface area contributed by atoms with Gasteiger partial charge >= 0.3 is 5.97 Å². The maximum Gasteiger partial charge on any atom is 0.339 e. The highest BCUT2D eigenvalue weighted by Gasteiger charge is 2.42. The van der Waals surface area contributed by atoms with E-state index in [2.05, 4.69) is 15.6 Å². The van der Waals surface area contributed by atoms with Crippen molar-refractivity contribution in [3.8, 4) is 11.4 Å². The molecule has 1 aliphatic rings. The molecule has 1 aliphatic heterocycles. The second-order valence-electron chi connectivity index (χ2n) is 9.09. The van der Waals surface area contributed by atoms with Gasteiger partial charge in [0, 0.05) is 36.3 Å². The average molecular weight is 556 g/mol. The van der Waals surface area contributed by atoms with Gasteiger partial charge in [0.15, 0.2) is 5.11 Å². The first-order valence-corrected chi connectivity index (χ1v) is 13.2. The fraction of sp³-hybridized carbons (Fsp3) is 0.200. The molecule has 40 heavy (non-hydrogen) atoms. The molecule has 1 amide bonds. The molecule has 1 fully saturated rings. The van der Waals surface area contributed by atoms with Crippen molar-refractivity contribution in [1.82, 2.24) is 14.9 Å². The number of hydrogen-bond donors (Lipinski definition) is 2. The molecule has 2 atom stereocenters. The molecule has 3 heterocycles. The van der Waals surface area contributed by atoms with Gasteiger partial charge in [-0.1, -0.05) is 25.1 Å². The minimum Gasteiger partial charge on any atom is -0.494 e. The first-order chi connectivity index (χ1) is 19.5. The molecule has 0 spiro atoms. The standard InChI is InChI=1S/C30H29N5O4S/c1-4-26(36)32-21-15-14-19(18-25(21)38-2)35-28(27(33-30(35)40)22-11-7-8-16-31-22)24-13-9-17-34(24)23-12-6-5-10-20(23)29(37)39-3/h5-18,27-28H,4H2,1-3H3,(H,32,36)(H,33,40)/t27-,28-/m0/s1. The molecule has 204 valence electrons. The normalized spacial score (nSPS) is 16.4. The van der Waals surface area contributed by atoms with Crippen LogP contribution in [0.15, 0.2) is 85.2 Å². The summed E-state index contributed by atoms with van der Waals surface area (Å²) in [6.45, 7) is 1.79. The summed E-state index contributed by atoms with van der Waals surface area (Å²) in [6.07, 6.45) is 4.01. The van der Waals surface area contributed by atoms with E-state index in [0.717, 1.165) is 17.1 Å². The molecule has 10 heteroatoms. The number of ether oxygens (including phenoxy) is 2. The molecule has 0 aliphatic carbocycles. The minimum atomic E-state index is -0.428. The third-order valence-electron chi connectivity index (χ3n) is 6.81. The Hall–Kier alpha value is -4.70. The first-order valence-electron chi connectivity index (χ1n) is 12.8. The van der Waals surface area contributed by atoms with Crippen molar-refractivity contribution in [3.63, 3.8) is 0 Å². The smallest absolute Gasteiger partial charge is 0.339 e. The second-order valence-corrected chi connectivity index (χ2v) is 9.48. The van der Waals surface area contributed by atoms with E-state index in [4.69, 9.17) is 21.7 Å². The third kappa shape index (κ3) is 5.01.